The van der Waals surface area contributed by atoms with E-state index in [1.54, 1.807) is 43.5 Å². The van der Waals surface area contributed by atoms with E-state index in [0.29, 0.717) is 17.1 Å². The number of nitrogens with zero attached hydrogens (tertiary/aromatic N) is 3. The van der Waals surface area contributed by atoms with E-state index < -0.39 is 5.91 Å². The van der Waals surface area contributed by atoms with E-state index in [4.69, 9.17) is 4.74 Å². The second-order valence-corrected chi connectivity index (χ2v) is 5.63. The lowest BCUT2D eigenvalue weighted by Crippen LogP contribution is -2.22. The van der Waals surface area contributed by atoms with Gasteiger partial charge in [-0.1, -0.05) is 36.4 Å². The van der Waals surface area contributed by atoms with E-state index in [2.05, 4.69) is 26.1 Å². The van der Waals surface area contributed by atoms with Crippen molar-refractivity contribution in [3.63, 3.8) is 0 Å². The van der Waals surface area contributed by atoms with Gasteiger partial charge in [0.1, 0.15) is 5.75 Å². The highest BCUT2D eigenvalue weighted by Crippen LogP contribution is 2.16. The predicted octanol–water partition coefficient (Wildman–Crippen LogP) is 4.84. The molecule has 0 aliphatic rings. The molecule has 0 saturated carbocycles. The fourth-order valence-corrected chi connectivity index (χ4v) is 2.21. The number of rotatable bonds is 5. The standard InChI is InChI=1S/C21H19N5O2/c1-28-19-14-12-16(13-15-19)22-21(27)20(25-23-17-8-4-2-5-9-17)26-24-18-10-6-3-7-11-18/h2-15,23H,1H3,(H,22,27). The second-order valence-electron chi connectivity index (χ2n) is 5.63. The van der Waals surface area contributed by atoms with Crippen molar-refractivity contribution < 1.29 is 9.53 Å². The summed E-state index contributed by atoms with van der Waals surface area (Å²) in [6, 6.07) is 25.4. The molecular weight excluding hydrogens is 354 g/mol. The van der Waals surface area contributed by atoms with Crippen molar-refractivity contribution in [1.29, 1.82) is 0 Å². The lowest BCUT2D eigenvalue weighted by Gasteiger charge is -2.06. The molecule has 0 radical (unpaired) electrons. The summed E-state index contributed by atoms with van der Waals surface area (Å²) in [5, 5.41) is 15.0. The summed E-state index contributed by atoms with van der Waals surface area (Å²) in [6.45, 7) is 0. The van der Waals surface area contributed by atoms with E-state index >= 15 is 0 Å². The lowest BCUT2D eigenvalue weighted by molar-refractivity contribution is -0.110. The molecule has 0 aromatic heterocycles. The van der Waals surface area contributed by atoms with Crippen LogP contribution >= 0.6 is 0 Å². The van der Waals surface area contributed by atoms with E-state index in [0.717, 1.165) is 5.69 Å². The Hall–Kier alpha value is -4.00. The van der Waals surface area contributed by atoms with Crippen LogP contribution in [0.25, 0.3) is 0 Å². The average Bonchev–Trinajstić information content (AvgIpc) is 2.75. The van der Waals surface area contributed by atoms with Gasteiger partial charge < -0.3 is 10.1 Å². The smallest absolute Gasteiger partial charge is 0.297 e. The molecule has 0 fully saturated rings. The molecule has 3 aromatic carbocycles. The van der Waals surface area contributed by atoms with Crippen LogP contribution in [0.15, 0.2) is 100 Å². The minimum absolute atomic E-state index is 0.108. The number of nitrogens with one attached hydrogen (secondary N) is 2. The van der Waals surface area contributed by atoms with E-state index in [-0.39, 0.29) is 5.84 Å². The highest BCUT2D eigenvalue weighted by molar-refractivity contribution is 6.42. The SMILES string of the molecule is COc1ccc(NC(=O)C(N=Nc2ccccc2)=NNc2ccccc2)cc1. The van der Waals surface area contributed by atoms with Crippen LogP contribution in [0.3, 0.4) is 0 Å². The molecule has 1 amide bonds. The van der Waals surface area contributed by atoms with Gasteiger partial charge >= 0.3 is 0 Å². The number of azo groups is 1. The Morgan fingerprint density at radius 3 is 2.11 bits per heavy atom. The van der Waals surface area contributed by atoms with Crippen molar-refractivity contribution in [2.45, 2.75) is 0 Å². The first kappa shape index (κ1) is 18.8. The van der Waals surface area contributed by atoms with E-state index in [9.17, 15) is 4.79 Å². The van der Waals surface area contributed by atoms with Crippen LogP contribution in [0, 0.1) is 0 Å². The minimum atomic E-state index is -0.492. The molecule has 28 heavy (non-hydrogen) atoms. The molecule has 0 aliphatic heterocycles. The first-order chi connectivity index (χ1) is 13.7. The third kappa shape index (κ3) is 5.50. The first-order valence-corrected chi connectivity index (χ1v) is 8.55. The van der Waals surface area contributed by atoms with Crippen molar-refractivity contribution in [2.75, 3.05) is 17.9 Å². The molecule has 0 aliphatic carbocycles. The predicted molar refractivity (Wildman–Crippen MR) is 110 cm³/mol. The summed E-state index contributed by atoms with van der Waals surface area (Å²) in [7, 11) is 1.58. The molecule has 0 saturated heterocycles. The van der Waals surface area contributed by atoms with Crippen LogP contribution < -0.4 is 15.5 Å². The molecule has 0 heterocycles. The molecule has 7 heteroatoms. The number of hydrogen-bond donors (Lipinski definition) is 2. The Labute approximate surface area is 162 Å². The summed E-state index contributed by atoms with van der Waals surface area (Å²) in [5.74, 6) is 0.0956. The molecular formula is C21H19N5O2. The van der Waals surface area contributed by atoms with Gasteiger partial charge in [0, 0.05) is 5.69 Å². The van der Waals surface area contributed by atoms with Crippen molar-refractivity contribution in [1.82, 2.24) is 0 Å². The van der Waals surface area contributed by atoms with E-state index in [1.807, 2.05) is 48.5 Å². The van der Waals surface area contributed by atoms with Crippen molar-refractivity contribution in [3.05, 3.63) is 84.9 Å². The number of amidine groups is 1. The van der Waals surface area contributed by atoms with Crippen molar-refractivity contribution in [2.24, 2.45) is 15.3 Å². The van der Waals surface area contributed by atoms with Gasteiger partial charge in [-0.2, -0.15) is 0 Å². The Balaban J connectivity index is 1.79. The number of benzene rings is 3. The molecule has 3 rings (SSSR count). The fourth-order valence-electron chi connectivity index (χ4n) is 2.21. The topological polar surface area (TPSA) is 87.4 Å². The lowest BCUT2D eigenvalue weighted by atomic mass is 10.3. The normalized spacial score (nSPS) is 11.2. The van der Waals surface area contributed by atoms with Gasteiger partial charge in [-0.05, 0) is 48.5 Å². The maximum absolute atomic E-state index is 12.6. The quantitative estimate of drug-likeness (QED) is 0.290. The zero-order valence-electron chi connectivity index (χ0n) is 15.2. The maximum atomic E-state index is 12.6. The number of amides is 1. The molecule has 3 aromatic rings. The Morgan fingerprint density at radius 1 is 0.821 bits per heavy atom. The molecule has 7 nitrogen and oxygen atoms in total. The Bertz CT molecular complexity index is 955. The largest absolute Gasteiger partial charge is 0.497 e. The van der Waals surface area contributed by atoms with Crippen LogP contribution in [-0.2, 0) is 4.79 Å². The summed E-state index contributed by atoms with van der Waals surface area (Å²) in [4.78, 5) is 12.6. The van der Waals surface area contributed by atoms with Gasteiger partial charge in [-0.3, -0.25) is 10.2 Å². The summed E-state index contributed by atoms with van der Waals surface area (Å²) in [6.07, 6.45) is 0. The minimum Gasteiger partial charge on any atom is -0.497 e. The third-order valence-electron chi connectivity index (χ3n) is 3.63. The number of ether oxygens (including phenoxy) is 1. The maximum Gasteiger partial charge on any atom is 0.297 e. The number of carbonyl (C=O) groups excluding carboxylic acids is 1. The Kier molecular flexibility index (Phi) is 6.46. The zero-order chi connectivity index (χ0) is 19.6. The van der Waals surface area contributed by atoms with Crippen molar-refractivity contribution >= 4 is 28.8 Å². The van der Waals surface area contributed by atoms with Crippen LogP contribution in [0.1, 0.15) is 0 Å². The molecule has 2 N–H and O–H groups in total. The van der Waals surface area contributed by atoms with Gasteiger partial charge in [-0.25, -0.2) is 0 Å². The fraction of sp³-hybridized carbons (Fsp3) is 0.0476. The number of anilines is 2. The van der Waals surface area contributed by atoms with Gasteiger partial charge in [0.25, 0.3) is 11.7 Å². The number of hydrazone groups is 1. The van der Waals surface area contributed by atoms with Crippen LogP contribution in [0.5, 0.6) is 5.75 Å². The number of methoxy groups -OCH3 is 1. The average molecular weight is 373 g/mol. The molecule has 140 valence electrons. The van der Waals surface area contributed by atoms with E-state index in [1.165, 1.54) is 0 Å². The van der Waals surface area contributed by atoms with Crippen LogP contribution in [0.2, 0.25) is 0 Å². The van der Waals surface area contributed by atoms with Crippen LogP contribution in [-0.4, -0.2) is 18.9 Å². The summed E-state index contributed by atoms with van der Waals surface area (Å²) < 4.78 is 5.12. The number of carbonyl (C=O) groups is 1. The first-order valence-electron chi connectivity index (χ1n) is 8.55. The van der Waals surface area contributed by atoms with Crippen LogP contribution in [0.4, 0.5) is 17.1 Å². The monoisotopic (exact) mass is 373 g/mol. The molecule has 0 bridgehead atoms. The number of hydrogen-bond acceptors (Lipinski definition) is 5. The van der Waals surface area contributed by atoms with Crippen molar-refractivity contribution in [3.8, 4) is 5.75 Å². The van der Waals surface area contributed by atoms with Gasteiger partial charge in [0.2, 0.25) is 0 Å². The summed E-state index contributed by atoms with van der Waals surface area (Å²) in [5.41, 5.74) is 4.76. The number of para-hydroxylation sites is 1. The van der Waals surface area contributed by atoms with Gasteiger partial charge in [0.05, 0.1) is 18.5 Å². The third-order valence-corrected chi connectivity index (χ3v) is 3.63. The molecule has 0 atom stereocenters. The summed E-state index contributed by atoms with van der Waals surface area (Å²) >= 11 is 0. The zero-order valence-corrected chi connectivity index (χ0v) is 15.2. The Morgan fingerprint density at radius 2 is 1.46 bits per heavy atom. The molecule has 0 spiro atoms. The molecule has 0 unspecified atom stereocenters. The highest BCUT2D eigenvalue weighted by Gasteiger charge is 2.12. The van der Waals surface area contributed by atoms with Gasteiger partial charge in [-0.15, -0.1) is 15.3 Å². The highest BCUT2D eigenvalue weighted by atomic mass is 16.5. The second kappa shape index (κ2) is 9.63. The van der Waals surface area contributed by atoms with Gasteiger partial charge in [0.15, 0.2) is 0 Å².